The number of nitrogens with zero attached hydrogens (tertiary/aromatic N) is 2. The van der Waals surface area contributed by atoms with Crippen molar-refractivity contribution < 1.29 is 14.3 Å². The zero-order valence-corrected chi connectivity index (χ0v) is 19.4. The summed E-state index contributed by atoms with van der Waals surface area (Å²) in [6.07, 6.45) is 6.81. The van der Waals surface area contributed by atoms with Crippen LogP contribution >= 0.6 is 15.9 Å². The van der Waals surface area contributed by atoms with Gasteiger partial charge >= 0.3 is 5.97 Å². The van der Waals surface area contributed by atoms with Crippen molar-refractivity contribution in [1.29, 1.82) is 0 Å². The number of hydrogen-bond donors (Lipinski definition) is 0. The van der Waals surface area contributed by atoms with E-state index in [1.165, 1.54) is 37.6 Å². The summed E-state index contributed by atoms with van der Waals surface area (Å²) in [5, 5.41) is 6.11. The molecule has 2 fully saturated rings. The van der Waals surface area contributed by atoms with Crippen LogP contribution in [0.3, 0.4) is 0 Å². The van der Waals surface area contributed by atoms with Gasteiger partial charge in [-0.2, -0.15) is 5.10 Å². The molecule has 0 bridgehead atoms. The van der Waals surface area contributed by atoms with Gasteiger partial charge in [0, 0.05) is 15.4 Å². The number of halogens is 1. The Morgan fingerprint density at radius 2 is 2.03 bits per heavy atom. The molecule has 0 amide bonds. The third kappa shape index (κ3) is 3.98. The number of benzene rings is 2. The van der Waals surface area contributed by atoms with E-state index >= 15 is 0 Å². The summed E-state index contributed by atoms with van der Waals surface area (Å²) in [7, 11) is 0. The van der Waals surface area contributed by atoms with Gasteiger partial charge in [0.1, 0.15) is 18.1 Å². The fraction of sp³-hybridized carbons (Fsp3) is 0.440. The lowest BCUT2D eigenvalue weighted by molar-refractivity contribution is -0.142. The molecule has 6 heteroatoms. The van der Waals surface area contributed by atoms with E-state index in [0.29, 0.717) is 30.4 Å². The Morgan fingerprint density at radius 3 is 2.77 bits per heavy atom. The molecule has 5 rings (SSSR count). The van der Waals surface area contributed by atoms with E-state index in [9.17, 15) is 4.79 Å². The van der Waals surface area contributed by atoms with Gasteiger partial charge in [-0.15, -0.1) is 0 Å². The Morgan fingerprint density at radius 1 is 1.23 bits per heavy atom. The van der Waals surface area contributed by atoms with Crippen LogP contribution in [0.5, 0.6) is 5.75 Å². The van der Waals surface area contributed by atoms with Crippen molar-refractivity contribution in [2.24, 2.45) is 5.41 Å². The summed E-state index contributed by atoms with van der Waals surface area (Å²) < 4.78 is 14.5. The van der Waals surface area contributed by atoms with Crippen molar-refractivity contribution in [1.82, 2.24) is 9.78 Å². The molecular formula is C25H27BrN2O3. The first-order valence-electron chi connectivity index (χ1n) is 11.1. The van der Waals surface area contributed by atoms with Gasteiger partial charge in [0.15, 0.2) is 0 Å². The van der Waals surface area contributed by atoms with E-state index < -0.39 is 0 Å². The number of carbonyl (C=O) groups is 1. The van der Waals surface area contributed by atoms with Crippen LogP contribution in [0, 0.1) is 5.41 Å². The zero-order valence-electron chi connectivity index (χ0n) is 17.8. The molecule has 1 heterocycles. The van der Waals surface area contributed by atoms with Crippen molar-refractivity contribution in [2.45, 2.75) is 58.1 Å². The number of ether oxygens (including phenoxy) is 2. The maximum Gasteiger partial charge on any atom is 0.310 e. The third-order valence-corrected chi connectivity index (χ3v) is 7.31. The van der Waals surface area contributed by atoms with Crippen molar-refractivity contribution in [3.05, 3.63) is 58.2 Å². The van der Waals surface area contributed by atoms with Crippen molar-refractivity contribution in [2.75, 3.05) is 6.61 Å². The summed E-state index contributed by atoms with van der Waals surface area (Å²) in [5.74, 6) is 0.456. The van der Waals surface area contributed by atoms with Gasteiger partial charge in [-0.05, 0) is 62.3 Å². The molecule has 1 spiro atoms. The zero-order chi connectivity index (χ0) is 21.4. The highest BCUT2D eigenvalue weighted by molar-refractivity contribution is 9.10. The second-order valence-electron chi connectivity index (χ2n) is 8.85. The molecule has 0 aliphatic heterocycles. The molecule has 0 saturated heterocycles. The van der Waals surface area contributed by atoms with Gasteiger partial charge < -0.3 is 9.47 Å². The van der Waals surface area contributed by atoms with Crippen LogP contribution in [-0.2, 0) is 22.6 Å². The largest absolute Gasteiger partial charge is 0.487 e. The van der Waals surface area contributed by atoms with Crippen molar-refractivity contribution in [3.63, 3.8) is 0 Å². The minimum absolute atomic E-state index is 0.203. The van der Waals surface area contributed by atoms with E-state index in [2.05, 4.69) is 38.8 Å². The summed E-state index contributed by atoms with van der Waals surface area (Å²) >= 11 is 3.60. The SMILES string of the molecule is CCOC(=O)Cc1ccccc1OCc1nn(C2CC3(CCC3)C2)c2ccc(Br)cc12. The van der Waals surface area contributed by atoms with Crippen LogP contribution in [0.2, 0.25) is 0 Å². The Hall–Kier alpha value is -2.34. The highest BCUT2D eigenvalue weighted by Crippen LogP contribution is 2.60. The topological polar surface area (TPSA) is 53.4 Å². The molecule has 5 nitrogen and oxygen atoms in total. The molecular weight excluding hydrogens is 456 g/mol. The highest BCUT2D eigenvalue weighted by Gasteiger charge is 2.49. The Balaban J connectivity index is 1.38. The standard InChI is InChI=1S/C25H27BrN2O3/c1-2-30-24(29)12-17-6-3-4-7-23(17)31-16-21-20-13-18(26)8-9-22(20)28(27-21)19-14-25(15-19)10-5-11-25/h3-4,6-9,13,19H,2,5,10-12,14-16H2,1H3. The summed E-state index contributed by atoms with van der Waals surface area (Å²) in [6, 6.07) is 14.5. The predicted molar refractivity (Wildman–Crippen MR) is 123 cm³/mol. The molecule has 31 heavy (non-hydrogen) atoms. The van der Waals surface area contributed by atoms with E-state index in [1.807, 2.05) is 31.2 Å². The highest BCUT2D eigenvalue weighted by atomic mass is 79.9. The molecule has 2 saturated carbocycles. The van der Waals surface area contributed by atoms with Crippen LogP contribution < -0.4 is 4.74 Å². The first-order valence-corrected chi connectivity index (χ1v) is 11.9. The Bertz CT molecular complexity index is 1110. The van der Waals surface area contributed by atoms with E-state index in [-0.39, 0.29) is 12.4 Å². The van der Waals surface area contributed by atoms with Crippen LogP contribution in [0.1, 0.15) is 56.3 Å². The first-order chi connectivity index (χ1) is 15.1. The van der Waals surface area contributed by atoms with Gasteiger partial charge in [-0.25, -0.2) is 0 Å². The van der Waals surface area contributed by atoms with Crippen LogP contribution in [0.15, 0.2) is 46.9 Å². The monoisotopic (exact) mass is 482 g/mol. The predicted octanol–water partition coefficient (Wildman–Crippen LogP) is 5.99. The average molecular weight is 483 g/mol. The van der Waals surface area contributed by atoms with Crippen LogP contribution in [0.25, 0.3) is 10.9 Å². The van der Waals surface area contributed by atoms with Gasteiger partial charge in [-0.1, -0.05) is 40.5 Å². The van der Waals surface area contributed by atoms with Crippen molar-refractivity contribution >= 4 is 32.8 Å². The number of aromatic nitrogens is 2. The number of esters is 1. The lowest BCUT2D eigenvalue weighted by atomic mass is 9.54. The summed E-state index contributed by atoms with van der Waals surface area (Å²) in [6.45, 7) is 2.55. The van der Waals surface area contributed by atoms with Crippen LogP contribution in [0.4, 0.5) is 0 Å². The smallest absolute Gasteiger partial charge is 0.310 e. The number of para-hydroxylation sites is 1. The second kappa shape index (κ2) is 8.30. The van der Waals surface area contributed by atoms with E-state index in [0.717, 1.165) is 21.1 Å². The number of carbonyl (C=O) groups excluding carboxylic acids is 1. The number of fused-ring (bicyclic) bond motifs is 1. The fourth-order valence-electron chi connectivity index (χ4n) is 5.06. The fourth-order valence-corrected chi connectivity index (χ4v) is 5.43. The average Bonchev–Trinajstić information content (AvgIpc) is 3.03. The van der Waals surface area contributed by atoms with Crippen LogP contribution in [-0.4, -0.2) is 22.4 Å². The normalized spacial score (nSPS) is 17.4. The van der Waals surface area contributed by atoms with Gasteiger partial charge in [0.25, 0.3) is 0 Å². The molecule has 1 aromatic heterocycles. The summed E-state index contributed by atoms with van der Waals surface area (Å²) in [4.78, 5) is 12.0. The molecule has 162 valence electrons. The third-order valence-electron chi connectivity index (χ3n) is 6.82. The maximum atomic E-state index is 12.0. The quantitative estimate of drug-likeness (QED) is 0.388. The molecule has 2 aliphatic carbocycles. The number of hydrogen-bond acceptors (Lipinski definition) is 4. The summed E-state index contributed by atoms with van der Waals surface area (Å²) in [5.41, 5.74) is 3.52. The molecule has 2 aromatic carbocycles. The molecule has 0 unspecified atom stereocenters. The van der Waals surface area contributed by atoms with E-state index in [4.69, 9.17) is 14.6 Å². The molecule has 3 aromatic rings. The van der Waals surface area contributed by atoms with E-state index in [1.54, 1.807) is 0 Å². The molecule has 2 aliphatic rings. The van der Waals surface area contributed by atoms with Gasteiger partial charge in [0.2, 0.25) is 0 Å². The molecule has 0 atom stereocenters. The number of rotatable bonds is 7. The molecule has 0 N–H and O–H groups in total. The Labute approximate surface area is 190 Å². The second-order valence-corrected chi connectivity index (χ2v) is 9.76. The van der Waals surface area contributed by atoms with Gasteiger partial charge in [0.05, 0.1) is 24.6 Å². The van der Waals surface area contributed by atoms with Crippen molar-refractivity contribution in [3.8, 4) is 5.75 Å². The maximum absolute atomic E-state index is 12.0. The molecule has 0 radical (unpaired) electrons. The minimum atomic E-state index is -0.243. The minimum Gasteiger partial charge on any atom is -0.487 e. The Kier molecular flexibility index (Phi) is 5.51. The van der Waals surface area contributed by atoms with Gasteiger partial charge in [-0.3, -0.25) is 9.48 Å². The lowest BCUT2D eigenvalue weighted by Crippen LogP contribution is -2.43. The first kappa shape index (κ1) is 20.6. The lowest BCUT2D eigenvalue weighted by Gasteiger charge is -2.54.